The van der Waals surface area contributed by atoms with Crippen LogP contribution in [0.1, 0.15) is 20.3 Å². The Hall–Kier alpha value is -1.03. The van der Waals surface area contributed by atoms with E-state index in [0.717, 1.165) is 12.0 Å². The molecule has 1 heteroatoms. The van der Waals surface area contributed by atoms with Gasteiger partial charge in [-0.1, -0.05) is 19.4 Å². The van der Waals surface area contributed by atoms with E-state index in [9.17, 15) is 0 Å². The summed E-state index contributed by atoms with van der Waals surface area (Å²) in [4.78, 5) is 3.62. The Kier molecular flexibility index (Phi) is 4.53. The van der Waals surface area contributed by atoms with E-state index in [1.165, 1.54) is 0 Å². The summed E-state index contributed by atoms with van der Waals surface area (Å²) in [5, 5.41) is 0. The van der Waals surface area contributed by atoms with Gasteiger partial charge in [-0.3, -0.25) is 0 Å². The molecule has 0 fully saturated rings. The van der Waals surface area contributed by atoms with Crippen molar-refractivity contribution < 1.29 is 0 Å². The summed E-state index contributed by atoms with van der Waals surface area (Å²) >= 11 is 0. The summed E-state index contributed by atoms with van der Waals surface area (Å²) in [7, 11) is 0. The standard InChI is InChI=1S/C8H11N/c1-4-6-8(3)7-9-5-2/h2,6-7H,4H2,1,3H3/b8-6-,9-7?. The maximum absolute atomic E-state index is 4.90. The molecule has 0 amide bonds. The van der Waals surface area contributed by atoms with Gasteiger partial charge in [0, 0.05) is 12.3 Å². The molecule has 0 spiro atoms. The maximum Gasteiger partial charge on any atom is 0.0401 e. The molecule has 0 heterocycles. The van der Waals surface area contributed by atoms with Crippen molar-refractivity contribution in [2.45, 2.75) is 20.3 Å². The normalized spacial score (nSPS) is 11.9. The van der Waals surface area contributed by atoms with E-state index in [1.54, 1.807) is 6.21 Å². The van der Waals surface area contributed by atoms with Crippen molar-refractivity contribution in [2.24, 2.45) is 4.99 Å². The van der Waals surface area contributed by atoms with Gasteiger partial charge in [0.25, 0.3) is 0 Å². The van der Waals surface area contributed by atoms with Crippen LogP contribution in [0.4, 0.5) is 0 Å². The third-order valence-electron chi connectivity index (χ3n) is 0.869. The Morgan fingerprint density at radius 2 is 2.44 bits per heavy atom. The van der Waals surface area contributed by atoms with Crippen LogP contribution in [0, 0.1) is 12.5 Å². The fraction of sp³-hybridized carbons (Fsp3) is 0.375. The molecule has 0 radical (unpaired) electrons. The lowest BCUT2D eigenvalue weighted by Crippen LogP contribution is -1.74. The van der Waals surface area contributed by atoms with Crippen molar-refractivity contribution in [1.82, 2.24) is 0 Å². The summed E-state index contributed by atoms with van der Waals surface area (Å²) in [5.74, 6) is 0. The molecule has 0 unspecified atom stereocenters. The summed E-state index contributed by atoms with van der Waals surface area (Å²) in [6.07, 6.45) is 9.68. The largest absolute Gasteiger partial charge is 0.206 e. The molecule has 0 aliphatic carbocycles. The molecule has 0 aliphatic rings. The Morgan fingerprint density at radius 1 is 1.78 bits per heavy atom. The fourth-order valence-electron chi connectivity index (χ4n) is 0.514. The monoisotopic (exact) mass is 121 g/mol. The van der Waals surface area contributed by atoms with Gasteiger partial charge in [0.15, 0.2) is 0 Å². The average molecular weight is 121 g/mol. The van der Waals surface area contributed by atoms with E-state index in [4.69, 9.17) is 6.42 Å². The second kappa shape index (κ2) is 5.11. The third kappa shape index (κ3) is 4.83. The van der Waals surface area contributed by atoms with Crippen molar-refractivity contribution in [1.29, 1.82) is 0 Å². The van der Waals surface area contributed by atoms with Crippen LogP contribution in [-0.2, 0) is 0 Å². The van der Waals surface area contributed by atoms with Crippen LogP contribution >= 0.6 is 0 Å². The molecule has 0 saturated heterocycles. The summed E-state index contributed by atoms with van der Waals surface area (Å²) in [6.45, 7) is 4.05. The zero-order valence-electron chi connectivity index (χ0n) is 5.89. The molecule has 0 saturated carbocycles. The van der Waals surface area contributed by atoms with Crippen LogP contribution in [0.15, 0.2) is 16.6 Å². The molecule has 0 aromatic carbocycles. The van der Waals surface area contributed by atoms with Crippen LogP contribution in [0.3, 0.4) is 0 Å². The highest BCUT2D eigenvalue weighted by Gasteiger charge is 1.76. The van der Waals surface area contributed by atoms with Gasteiger partial charge < -0.3 is 0 Å². The van der Waals surface area contributed by atoms with Crippen LogP contribution < -0.4 is 0 Å². The third-order valence-corrected chi connectivity index (χ3v) is 0.869. The van der Waals surface area contributed by atoms with E-state index < -0.39 is 0 Å². The zero-order valence-corrected chi connectivity index (χ0v) is 5.89. The number of hydrogen-bond donors (Lipinski definition) is 0. The number of rotatable bonds is 2. The molecule has 0 bridgehead atoms. The topological polar surface area (TPSA) is 12.4 Å². The lowest BCUT2D eigenvalue weighted by molar-refractivity contribution is 1.21. The lowest BCUT2D eigenvalue weighted by Gasteiger charge is -1.84. The van der Waals surface area contributed by atoms with Crippen molar-refractivity contribution in [2.75, 3.05) is 0 Å². The number of nitrogens with zero attached hydrogens (tertiary/aromatic N) is 1. The van der Waals surface area contributed by atoms with E-state index in [2.05, 4.69) is 24.0 Å². The molecule has 0 aromatic rings. The number of terminal acetylenes is 1. The van der Waals surface area contributed by atoms with E-state index in [1.807, 2.05) is 6.92 Å². The van der Waals surface area contributed by atoms with E-state index in [0.29, 0.717) is 0 Å². The highest BCUT2D eigenvalue weighted by atomic mass is 14.6. The molecular formula is C8H11N. The minimum absolute atomic E-state index is 1.03. The molecule has 9 heavy (non-hydrogen) atoms. The van der Waals surface area contributed by atoms with Gasteiger partial charge >= 0.3 is 0 Å². The van der Waals surface area contributed by atoms with Gasteiger partial charge in [-0.15, -0.1) is 0 Å². The first-order chi connectivity index (χ1) is 4.31. The molecule has 1 nitrogen and oxygen atoms in total. The molecule has 0 atom stereocenters. The second-order valence-electron chi connectivity index (χ2n) is 1.74. The van der Waals surface area contributed by atoms with Crippen LogP contribution in [-0.4, -0.2) is 6.21 Å². The second-order valence-corrected chi connectivity index (χ2v) is 1.74. The summed E-state index contributed by atoms with van der Waals surface area (Å²) in [6, 6.07) is 2.19. The van der Waals surface area contributed by atoms with Gasteiger partial charge in [0.1, 0.15) is 0 Å². The van der Waals surface area contributed by atoms with Gasteiger partial charge in [0.05, 0.1) is 0 Å². The van der Waals surface area contributed by atoms with Gasteiger partial charge in [-0.2, -0.15) is 0 Å². The minimum atomic E-state index is 1.03. The van der Waals surface area contributed by atoms with Gasteiger partial charge in [0.2, 0.25) is 0 Å². The Labute approximate surface area is 56.5 Å². The molecule has 0 aromatic heterocycles. The highest BCUT2D eigenvalue weighted by Crippen LogP contribution is 1.89. The Bertz CT molecular complexity index is 158. The van der Waals surface area contributed by atoms with Crippen LogP contribution in [0.25, 0.3) is 0 Å². The van der Waals surface area contributed by atoms with Crippen molar-refractivity contribution in [3.8, 4) is 12.5 Å². The predicted molar refractivity (Wildman–Crippen MR) is 41.4 cm³/mol. The smallest absolute Gasteiger partial charge is 0.0401 e. The van der Waals surface area contributed by atoms with Crippen molar-refractivity contribution in [3.05, 3.63) is 11.6 Å². The molecule has 0 rings (SSSR count). The van der Waals surface area contributed by atoms with E-state index in [-0.39, 0.29) is 0 Å². The first-order valence-corrected chi connectivity index (χ1v) is 2.96. The SMILES string of the molecule is C#CN=C/C(C)=C\CC. The summed E-state index contributed by atoms with van der Waals surface area (Å²) < 4.78 is 0. The number of hydrogen-bond acceptors (Lipinski definition) is 1. The Balaban J connectivity index is 3.78. The van der Waals surface area contributed by atoms with E-state index >= 15 is 0 Å². The minimum Gasteiger partial charge on any atom is -0.206 e. The first kappa shape index (κ1) is 7.97. The van der Waals surface area contributed by atoms with Gasteiger partial charge in [-0.25, -0.2) is 4.99 Å². The molecule has 0 aliphatic heterocycles. The van der Waals surface area contributed by atoms with Crippen LogP contribution in [0.5, 0.6) is 0 Å². The number of aliphatic imine (C=N–C) groups is 1. The molecule has 0 N–H and O–H groups in total. The molecular weight excluding hydrogens is 110 g/mol. The fourth-order valence-corrected chi connectivity index (χ4v) is 0.514. The maximum atomic E-state index is 4.90. The average Bonchev–Trinajstić information content (AvgIpc) is 1.85. The highest BCUT2D eigenvalue weighted by molar-refractivity contribution is 5.78. The van der Waals surface area contributed by atoms with Crippen LogP contribution in [0.2, 0.25) is 0 Å². The van der Waals surface area contributed by atoms with Crippen molar-refractivity contribution >= 4 is 6.21 Å². The van der Waals surface area contributed by atoms with Gasteiger partial charge in [-0.05, 0) is 18.9 Å². The Morgan fingerprint density at radius 3 is 2.89 bits per heavy atom. The first-order valence-electron chi connectivity index (χ1n) is 2.96. The number of allylic oxidation sites excluding steroid dienone is 2. The zero-order chi connectivity index (χ0) is 7.11. The quantitative estimate of drug-likeness (QED) is 0.391. The molecule has 48 valence electrons. The predicted octanol–water partition coefficient (Wildman–Crippen LogP) is 2.00. The summed E-state index contributed by atoms with van der Waals surface area (Å²) in [5.41, 5.74) is 1.12. The lowest BCUT2D eigenvalue weighted by atomic mass is 10.3. The van der Waals surface area contributed by atoms with Crippen molar-refractivity contribution in [3.63, 3.8) is 0 Å².